The van der Waals surface area contributed by atoms with Crippen molar-refractivity contribution in [3.63, 3.8) is 0 Å². The molecule has 1 atom stereocenters. The molecule has 0 aliphatic rings. The summed E-state index contributed by atoms with van der Waals surface area (Å²) in [7, 11) is 4.58. The van der Waals surface area contributed by atoms with Gasteiger partial charge in [-0.1, -0.05) is 17.5 Å². The zero-order valence-corrected chi connectivity index (χ0v) is 12.9. The Bertz CT molecular complexity index is 355. The Hall–Kier alpha value is -1.54. The molecule has 0 bridgehead atoms. The molecule has 0 aromatic rings. The number of unbranched alkanes of at least 4 members (excludes halogenated alkanes) is 1. The first-order valence-corrected chi connectivity index (χ1v) is 6.79. The zero-order chi connectivity index (χ0) is 15.2. The Balaban J connectivity index is 4.60. The molecule has 1 unspecified atom stereocenters. The van der Waals surface area contributed by atoms with Crippen LogP contribution in [0.1, 0.15) is 39.0 Å². The molecule has 0 aliphatic carbocycles. The van der Waals surface area contributed by atoms with E-state index in [4.69, 9.17) is 9.57 Å². The lowest BCUT2D eigenvalue weighted by Crippen LogP contribution is -2.16. The minimum absolute atomic E-state index is 0.110. The Morgan fingerprint density at radius 1 is 1.20 bits per heavy atom. The van der Waals surface area contributed by atoms with Gasteiger partial charge in [0.2, 0.25) is 0 Å². The number of carbonyl (C=O) groups is 1. The van der Waals surface area contributed by atoms with Gasteiger partial charge in [-0.25, -0.2) is 0 Å². The maximum Gasteiger partial charge on any atom is 0.305 e. The monoisotopic (exact) mass is 283 g/mol. The van der Waals surface area contributed by atoms with E-state index < -0.39 is 0 Å². The van der Waals surface area contributed by atoms with Gasteiger partial charge in [0.25, 0.3) is 0 Å². The number of rotatable bonds is 10. The van der Waals surface area contributed by atoms with E-state index in [2.05, 4.69) is 21.7 Å². The molecule has 0 aromatic heterocycles. The quantitative estimate of drug-likeness (QED) is 0.203. The van der Waals surface area contributed by atoms with Crippen molar-refractivity contribution in [3.8, 4) is 11.8 Å². The third-order valence-corrected chi connectivity index (χ3v) is 2.91. The number of carbonyl (C=O) groups excluding carboxylic acids is 1. The predicted molar refractivity (Wildman–Crippen MR) is 78.4 cm³/mol. The molecular weight excluding hydrogens is 258 g/mol. The number of nitrogens with zero attached hydrogens (tertiary/aromatic N) is 1. The first kappa shape index (κ1) is 18.5. The maximum absolute atomic E-state index is 11.3. The summed E-state index contributed by atoms with van der Waals surface area (Å²) in [5, 5.41) is 3.98. The lowest BCUT2D eigenvalue weighted by Gasteiger charge is -2.14. The number of esters is 1. The molecule has 0 aromatic carbocycles. The summed E-state index contributed by atoms with van der Waals surface area (Å²) in [5.74, 6) is 5.69. The van der Waals surface area contributed by atoms with Crippen LogP contribution in [0.3, 0.4) is 0 Å². The highest BCUT2D eigenvalue weighted by Gasteiger charge is 2.17. The molecule has 5 heteroatoms. The topological polar surface area (TPSA) is 57.1 Å². The van der Waals surface area contributed by atoms with Crippen molar-refractivity contribution in [2.75, 3.05) is 27.9 Å². The molecule has 20 heavy (non-hydrogen) atoms. The highest BCUT2D eigenvalue weighted by atomic mass is 16.6. The molecule has 0 spiro atoms. The zero-order valence-electron chi connectivity index (χ0n) is 12.9. The smallest absolute Gasteiger partial charge is 0.305 e. The molecule has 0 saturated heterocycles. The second kappa shape index (κ2) is 12.5. The average Bonchev–Trinajstić information content (AvgIpc) is 2.46. The first-order valence-electron chi connectivity index (χ1n) is 6.79. The average molecular weight is 283 g/mol. The summed E-state index contributed by atoms with van der Waals surface area (Å²) in [4.78, 5) is 16.1. The molecule has 0 radical (unpaired) electrons. The summed E-state index contributed by atoms with van der Waals surface area (Å²) in [6.45, 7) is 2.49. The lowest BCUT2D eigenvalue weighted by atomic mass is 9.92. The van der Waals surface area contributed by atoms with Gasteiger partial charge in [0.15, 0.2) is 0 Å². The van der Waals surface area contributed by atoms with Gasteiger partial charge in [-0.2, -0.15) is 0 Å². The minimum atomic E-state index is -0.215. The van der Waals surface area contributed by atoms with Crippen molar-refractivity contribution in [1.29, 1.82) is 0 Å². The normalized spacial score (nSPS) is 12.3. The fraction of sp³-hybridized carbons (Fsp3) is 0.733. The number of ether oxygens (including phenoxy) is 2. The van der Waals surface area contributed by atoms with Gasteiger partial charge in [-0.15, -0.1) is 0 Å². The van der Waals surface area contributed by atoms with Crippen molar-refractivity contribution in [2.45, 2.75) is 39.0 Å². The van der Waals surface area contributed by atoms with Crippen molar-refractivity contribution in [3.05, 3.63) is 0 Å². The van der Waals surface area contributed by atoms with Crippen LogP contribution < -0.4 is 0 Å². The number of oxime groups is 1. The van der Waals surface area contributed by atoms with Crippen LogP contribution in [0.4, 0.5) is 0 Å². The summed E-state index contributed by atoms with van der Waals surface area (Å²) < 4.78 is 9.71. The molecule has 0 saturated carbocycles. The summed E-state index contributed by atoms with van der Waals surface area (Å²) in [5.41, 5.74) is 0.691. The SMILES string of the molecule is CC#C/C(=N\OC)C(CCCCOC)CCC(=O)OC. The van der Waals surface area contributed by atoms with Crippen molar-refractivity contribution in [1.82, 2.24) is 0 Å². The Kier molecular flexibility index (Phi) is 11.5. The Morgan fingerprint density at radius 2 is 1.95 bits per heavy atom. The van der Waals surface area contributed by atoms with Gasteiger partial charge in [0, 0.05) is 26.1 Å². The summed E-state index contributed by atoms with van der Waals surface area (Å²) in [6, 6.07) is 0. The van der Waals surface area contributed by atoms with Gasteiger partial charge >= 0.3 is 5.97 Å². The van der Waals surface area contributed by atoms with Crippen LogP contribution in [-0.4, -0.2) is 39.6 Å². The molecule has 0 N–H and O–H groups in total. The van der Waals surface area contributed by atoms with E-state index >= 15 is 0 Å². The van der Waals surface area contributed by atoms with Gasteiger partial charge < -0.3 is 14.3 Å². The molecule has 0 heterocycles. The van der Waals surface area contributed by atoms with Crippen molar-refractivity contribution < 1.29 is 19.1 Å². The van der Waals surface area contributed by atoms with Crippen LogP contribution in [0, 0.1) is 17.8 Å². The molecule has 0 rings (SSSR count). The van der Waals surface area contributed by atoms with E-state index in [-0.39, 0.29) is 11.9 Å². The van der Waals surface area contributed by atoms with Crippen LogP contribution in [-0.2, 0) is 19.1 Å². The van der Waals surface area contributed by atoms with Crippen LogP contribution >= 0.6 is 0 Å². The second-order valence-electron chi connectivity index (χ2n) is 4.33. The summed E-state index contributed by atoms with van der Waals surface area (Å²) in [6.07, 6.45) is 3.90. The van der Waals surface area contributed by atoms with Crippen molar-refractivity contribution >= 4 is 11.7 Å². The van der Waals surface area contributed by atoms with E-state index in [1.54, 1.807) is 14.0 Å². The molecule has 114 valence electrons. The first-order chi connectivity index (χ1) is 9.69. The van der Waals surface area contributed by atoms with Gasteiger partial charge in [0.05, 0.1) is 7.11 Å². The van der Waals surface area contributed by atoms with E-state index in [0.717, 1.165) is 25.9 Å². The van der Waals surface area contributed by atoms with E-state index in [1.165, 1.54) is 14.2 Å². The third-order valence-electron chi connectivity index (χ3n) is 2.91. The fourth-order valence-corrected chi connectivity index (χ4v) is 1.87. The molecular formula is C15H25NO4. The van der Waals surface area contributed by atoms with Gasteiger partial charge in [-0.05, 0) is 32.1 Å². The standard InChI is InChI=1S/C15H25NO4/c1-5-8-14(16-20-4)13(9-6-7-12-18-2)10-11-15(17)19-3/h13H,6-7,9-12H2,1-4H3/b16-14+. The summed E-state index contributed by atoms with van der Waals surface area (Å²) >= 11 is 0. The van der Waals surface area contributed by atoms with E-state index in [9.17, 15) is 4.79 Å². The predicted octanol–water partition coefficient (Wildman–Crippen LogP) is 2.40. The molecule has 0 aliphatic heterocycles. The highest BCUT2D eigenvalue weighted by Crippen LogP contribution is 2.18. The van der Waals surface area contributed by atoms with Crippen molar-refractivity contribution in [2.24, 2.45) is 11.1 Å². The number of hydrogen-bond acceptors (Lipinski definition) is 5. The second-order valence-corrected chi connectivity index (χ2v) is 4.33. The Morgan fingerprint density at radius 3 is 2.50 bits per heavy atom. The van der Waals surface area contributed by atoms with Crippen LogP contribution in [0.15, 0.2) is 5.16 Å². The Labute approximate surface area is 121 Å². The lowest BCUT2D eigenvalue weighted by molar-refractivity contribution is -0.140. The number of hydrogen-bond donors (Lipinski definition) is 0. The maximum atomic E-state index is 11.3. The number of methoxy groups -OCH3 is 2. The highest BCUT2D eigenvalue weighted by molar-refractivity contribution is 6.01. The third kappa shape index (κ3) is 8.54. The van der Waals surface area contributed by atoms with E-state index in [0.29, 0.717) is 18.6 Å². The van der Waals surface area contributed by atoms with Gasteiger partial charge in [0.1, 0.15) is 12.8 Å². The molecule has 0 amide bonds. The molecule has 5 nitrogen and oxygen atoms in total. The van der Waals surface area contributed by atoms with Crippen LogP contribution in [0.2, 0.25) is 0 Å². The van der Waals surface area contributed by atoms with Gasteiger partial charge in [-0.3, -0.25) is 4.79 Å². The van der Waals surface area contributed by atoms with Crippen LogP contribution in [0.25, 0.3) is 0 Å². The van der Waals surface area contributed by atoms with E-state index in [1.807, 2.05) is 0 Å². The largest absolute Gasteiger partial charge is 0.469 e. The minimum Gasteiger partial charge on any atom is -0.469 e. The fourth-order valence-electron chi connectivity index (χ4n) is 1.87. The molecule has 0 fully saturated rings. The van der Waals surface area contributed by atoms with Crippen LogP contribution in [0.5, 0.6) is 0 Å².